The summed E-state index contributed by atoms with van der Waals surface area (Å²) in [5.41, 5.74) is 7.55. The fraction of sp³-hybridized carbons (Fsp3) is 0.0952. The third kappa shape index (κ3) is 4.89. The molecule has 5 nitrogen and oxygen atoms in total. The van der Waals surface area contributed by atoms with Gasteiger partial charge in [0, 0.05) is 5.56 Å². The Morgan fingerprint density at radius 1 is 0.889 bits per heavy atom. The van der Waals surface area contributed by atoms with E-state index in [-0.39, 0.29) is 23.3 Å². The minimum absolute atomic E-state index is 0.0341. The molecule has 0 radical (unpaired) electrons. The molecule has 0 aromatic heterocycles. The van der Waals surface area contributed by atoms with Gasteiger partial charge >= 0.3 is 0 Å². The molecule has 3 aromatic rings. The number of benzene rings is 3. The van der Waals surface area contributed by atoms with E-state index in [9.17, 15) is 9.59 Å². The standard InChI is InChI=1S/C21H19N3O2S/c1-14-9-11-16(12-10-14)20(26)22-21(27)24-23-19(25)13-17-7-4-6-15-5-2-3-8-18(15)17/h2-12H,13H2,1H3,(H,23,25)(H2,22,24,26,27). The molecule has 3 rings (SSSR count). The van der Waals surface area contributed by atoms with Crippen molar-refractivity contribution in [2.75, 3.05) is 0 Å². The van der Waals surface area contributed by atoms with Gasteiger partial charge in [0.25, 0.3) is 5.91 Å². The quantitative estimate of drug-likeness (QED) is 0.485. The maximum Gasteiger partial charge on any atom is 0.257 e. The molecule has 0 aliphatic rings. The molecule has 136 valence electrons. The predicted octanol–water partition coefficient (Wildman–Crippen LogP) is 3.03. The Balaban J connectivity index is 1.53. The molecular weight excluding hydrogens is 358 g/mol. The number of rotatable bonds is 3. The van der Waals surface area contributed by atoms with Crippen LogP contribution in [0.5, 0.6) is 0 Å². The Morgan fingerprint density at radius 2 is 1.59 bits per heavy atom. The summed E-state index contributed by atoms with van der Waals surface area (Å²) < 4.78 is 0. The number of carbonyl (C=O) groups excluding carboxylic acids is 2. The zero-order valence-corrected chi connectivity index (χ0v) is 15.6. The smallest absolute Gasteiger partial charge is 0.257 e. The highest BCUT2D eigenvalue weighted by Crippen LogP contribution is 2.18. The maximum absolute atomic E-state index is 12.2. The summed E-state index contributed by atoms with van der Waals surface area (Å²) in [4.78, 5) is 24.3. The Bertz CT molecular complexity index is 994. The number of aryl methyl sites for hydroxylation is 1. The number of carbonyl (C=O) groups is 2. The average molecular weight is 377 g/mol. The number of amides is 2. The zero-order valence-electron chi connectivity index (χ0n) is 14.8. The summed E-state index contributed by atoms with van der Waals surface area (Å²) in [6.07, 6.45) is 0.197. The van der Waals surface area contributed by atoms with Gasteiger partial charge in [0.05, 0.1) is 6.42 Å². The van der Waals surface area contributed by atoms with Gasteiger partial charge in [-0.05, 0) is 47.6 Å². The molecule has 27 heavy (non-hydrogen) atoms. The van der Waals surface area contributed by atoms with Crippen LogP contribution in [-0.4, -0.2) is 16.9 Å². The second kappa shape index (κ2) is 8.42. The Labute approximate surface area is 162 Å². The molecule has 6 heteroatoms. The molecule has 2 amide bonds. The Hall–Kier alpha value is -3.25. The molecule has 0 saturated carbocycles. The SMILES string of the molecule is Cc1ccc(C(=O)NC(=S)NNC(=O)Cc2cccc3ccccc23)cc1. The van der Waals surface area contributed by atoms with Crippen LogP contribution in [-0.2, 0) is 11.2 Å². The molecule has 0 aliphatic carbocycles. The average Bonchev–Trinajstić information content (AvgIpc) is 2.67. The first-order valence-electron chi connectivity index (χ1n) is 8.46. The lowest BCUT2D eigenvalue weighted by atomic mass is 10.0. The van der Waals surface area contributed by atoms with Crippen molar-refractivity contribution >= 4 is 39.9 Å². The topological polar surface area (TPSA) is 70.2 Å². The van der Waals surface area contributed by atoms with E-state index in [1.165, 1.54) is 0 Å². The van der Waals surface area contributed by atoms with E-state index in [0.29, 0.717) is 5.56 Å². The lowest BCUT2D eigenvalue weighted by Crippen LogP contribution is -2.48. The first-order valence-corrected chi connectivity index (χ1v) is 8.87. The molecule has 0 atom stereocenters. The molecular formula is C21H19N3O2S. The third-order valence-electron chi connectivity index (χ3n) is 4.09. The summed E-state index contributed by atoms with van der Waals surface area (Å²) >= 11 is 5.06. The highest BCUT2D eigenvalue weighted by Gasteiger charge is 2.10. The lowest BCUT2D eigenvalue weighted by Gasteiger charge is -2.12. The number of hydrazine groups is 1. The predicted molar refractivity (Wildman–Crippen MR) is 110 cm³/mol. The van der Waals surface area contributed by atoms with E-state index in [4.69, 9.17) is 12.2 Å². The second-order valence-corrected chi connectivity index (χ2v) is 6.55. The molecule has 0 aliphatic heterocycles. The highest BCUT2D eigenvalue weighted by molar-refractivity contribution is 7.80. The normalized spacial score (nSPS) is 10.3. The van der Waals surface area contributed by atoms with Crippen LogP contribution in [0.15, 0.2) is 66.7 Å². The molecule has 0 fully saturated rings. The first-order chi connectivity index (χ1) is 13.0. The first kappa shape index (κ1) is 18.5. The molecule has 0 spiro atoms. The van der Waals surface area contributed by atoms with Gasteiger partial charge in [-0.25, -0.2) is 0 Å². The van der Waals surface area contributed by atoms with Crippen LogP contribution in [0.4, 0.5) is 0 Å². The number of hydrogen-bond acceptors (Lipinski definition) is 3. The Kier molecular flexibility index (Phi) is 5.78. The highest BCUT2D eigenvalue weighted by atomic mass is 32.1. The van der Waals surface area contributed by atoms with Gasteiger partial charge in [-0.15, -0.1) is 0 Å². The van der Waals surface area contributed by atoms with E-state index in [1.807, 2.05) is 61.5 Å². The summed E-state index contributed by atoms with van der Waals surface area (Å²) in [7, 11) is 0. The summed E-state index contributed by atoms with van der Waals surface area (Å²) in [6, 6.07) is 20.9. The van der Waals surface area contributed by atoms with Crippen LogP contribution >= 0.6 is 12.2 Å². The summed E-state index contributed by atoms with van der Waals surface area (Å²) in [6.45, 7) is 1.94. The van der Waals surface area contributed by atoms with Crippen molar-refractivity contribution in [3.63, 3.8) is 0 Å². The number of thiocarbonyl (C=S) groups is 1. The molecule has 0 heterocycles. The molecule has 0 unspecified atom stereocenters. The minimum Gasteiger partial charge on any atom is -0.298 e. The van der Waals surface area contributed by atoms with Gasteiger partial charge in [-0.3, -0.25) is 25.8 Å². The molecule has 0 bridgehead atoms. The van der Waals surface area contributed by atoms with E-state index in [1.54, 1.807) is 12.1 Å². The zero-order chi connectivity index (χ0) is 19.2. The largest absolute Gasteiger partial charge is 0.298 e. The van der Waals surface area contributed by atoms with Crippen LogP contribution in [0, 0.1) is 6.92 Å². The molecule has 3 aromatic carbocycles. The van der Waals surface area contributed by atoms with Crippen LogP contribution in [0.25, 0.3) is 10.8 Å². The van der Waals surface area contributed by atoms with Gasteiger partial charge in [0.1, 0.15) is 0 Å². The van der Waals surface area contributed by atoms with Crippen molar-refractivity contribution in [1.29, 1.82) is 0 Å². The van der Waals surface area contributed by atoms with Crippen molar-refractivity contribution in [1.82, 2.24) is 16.2 Å². The van der Waals surface area contributed by atoms with E-state index in [0.717, 1.165) is 21.9 Å². The summed E-state index contributed by atoms with van der Waals surface area (Å²) in [5, 5.41) is 4.68. The Morgan fingerprint density at radius 3 is 2.37 bits per heavy atom. The van der Waals surface area contributed by atoms with Gasteiger partial charge in [-0.1, -0.05) is 60.2 Å². The minimum atomic E-state index is -0.337. The lowest BCUT2D eigenvalue weighted by molar-refractivity contribution is -0.121. The second-order valence-electron chi connectivity index (χ2n) is 6.14. The fourth-order valence-corrected chi connectivity index (χ4v) is 2.85. The van der Waals surface area contributed by atoms with Crippen LogP contribution < -0.4 is 16.2 Å². The fourth-order valence-electron chi connectivity index (χ4n) is 2.70. The van der Waals surface area contributed by atoms with Crippen LogP contribution in [0.1, 0.15) is 21.5 Å². The van der Waals surface area contributed by atoms with Crippen LogP contribution in [0.2, 0.25) is 0 Å². The van der Waals surface area contributed by atoms with E-state index >= 15 is 0 Å². The van der Waals surface area contributed by atoms with Crippen molar-refractivity contribution < 1.29 is 9.59 Å². The van der Waals surface area contributed by atoms with Gasteiger partial charge in [0.15, 0.2) is 5.11 Å². The maximum atomic E-state index is 12.2. The monoisotopic (exact) mass is 377 g/mol. The molecule has 3 N–H and O–H groups in total. The summed E-state index contributed by atoms with van der Waals surface area (Å²) in [5.74, 6) is -0.589. The van der Waals surface area contributed by atoms with Gasteiger partial charge in [-0.2, -0.15) is 0 Å². The number of hydrogen-bond donors (Lipinski definition) is 3. The number of fused-ring (bicyclic) bond motifs is 1. The van der Waals surface area contributed by atoms with Gasteiger partial charge in [0.2, 0.25) is 5.91 Å². The van der Waals surface area contributed by atoms with Gasteiger partial charge < -0.3 is 0 Å². The van der Waals surface area contributed by atoms with E-state index < -0.39 is 0 Å². The van der Waals surface area contributed by atoms with E-state index in [2.05, 4.69) is 16.2 Å². The number of nitrogens with one attached hydrogen (secondary N) is 3. The van der Waals surface area contributed by atoms with Crippen molar-refractivity contribution in [3.8, 4) is 0 Å². The van der Waals surface area contributed by atoms with Crippen molar-refractivity contribution in [3.05, 3.63) is 83.4 Å². The van der Waals surface area contributed by atoms with Crippen LogP contribution in [0.3, 0.4) is 0 Å². The molecule has 0 saturated heterocycles. The van der Waals surface area contributed by atoms with Crippen molar-refractivity contribution in [2.24, 2.45) is 0 Å². The third-order valence-corrected chi connectivity index (χ3v) is 4.29. The van der Waals surface area contributed by atoms with Crippen molar-refractivity contribution in [2.45, 2.75) is 13.3 Å².